The van der Waals surface area contributed by atoms with Gasteiger partial charge in [-0.1, -0.05) is 0 Å². The quantitative estimate of drug-likeness (QED) is 0.398. The van der Waals surface area contributed by atoms with E-state index in [1.807, 2.05) is 18.9 Å². The molecule has 1 aliphatic carbocycles. The molecule has 0 aromatic rings. The van der Waals surface area contributed by atoms with Crippen molar-refractivity contribution < 1.29 is 9.53 Å². The van der Waals surface area contributed by atoms with Gasteiger partial charge in [-0.05, 0) is 25.7 Å². The lowest BCUT2D eigenvalue weighted by Crippen LogP contribution is -2.41. The molecule has 0 aliphatic heterocycles. The van der Waals surface area contributed by atoms with Crippen LogP contribution in [0.2, 0.25) is 0 Å². The summed E-state index contributed by atoms with van der Waals surface area (Å²) in [5.41, 5.74) is 0. The molecular weight excluding hydrogens is 256 g/mol. The molecule has 1 saturated carbocycles. The van der Waals surface area contributed by atoms with Crippen molar-refractivity contribution in [1.82, 2.24) is 15.1 Å². The first-order chi connectivity index (χ1) is 9.54. The Morgan fingerprint density at radius 3 is 2.60 bits per heavy atom. The molecule has 1 fully saturated rings. The molecule has 1 amide bonds. The number of nitrogens with one attached hydrogen (secondary N) is 1. The standard InChI is InChI=1S/C14H28N4O2/c1-5-15-14(16-10-13(19)17(2)3)18(4)8-9-20-11-12-6-7-12/h12H,5-11H2,1-4H3,(H,15,16). The maximum atomic E-state index is 11.6. The van der Waals surface area contributed by atoms with Gasteiger partial charge in [-0.2, -0.15) is 0 Å². The van der Waals surface area contributed by atoms with E-state index >= 15 is 0 Å². The van der Waals surface area contributed by atoms with Gasteiger partial charge in [0.1, 0.15) is 6.54 Å². The zero-order chi connectivity index (χ0) is 15.0. The summed E-state index contributed by atoms with van der Waals surface area (Å²) >= 11 is 0. The maximum Gasteiger partial charge on any atom is 0.243 e. The van der Waals surface area contributed by atoms with E-state index in [9.17, 15) is 4.79 Å². The number of nitrogens with zero attached hydrogens (tertiary/aromatic N) is 3. The van der Waals surface area contributed by atoms with Gasteiger partial charge >= 0.3 is 0 Å². The Balaban J connectivity index is 2.32. The van der Waals surface area contributed by atoms with Crippen LogP contribution in [0.3, 0.4) is 0 Å². The Hall–Kier alpha value is -1.30. The Morgan fingerprint density at radius 1 is 1.35 bits per heavy atom. The van der Waals surface area contributed by atoms with Crippen LogP contribution in [0.25, 0.3) is 0 Å². The van der Waals surface area contributed by atoms with Gasteiger partial charge in [-0.3, -0.25) is 4.79 Å². The normalized spacial score (nSPS) is 15.1. The van der Waals surface area contributed by atoms with Crippen LogP contribution in [-0.4, -0.2) is 75.7 Å². The van der Waals surface area contributed by atoms with E-state index in [0.29, 0.717) is 6.61 Å². The molecule has 6 nitrogen and oxygen atoms in total. The number of aliphatic imine (C=N–C) groups is 1. The summed E-state index contributed by atoms with van der Waals surface area (Å²) in [4.78, 5) is 19.5. The SMILES string of the molecule is CCNC(=NCC(=O)N(C)C)N(C)CCOCC1CC1. The summed E-state index contributed by atoms with van der Waals surface area (Å²) in [7, 11) is 5.43. The average Bonchev–Trinajstić information content (AvgIpc) is 3.22. The number of likely N-dealkylation sites (N-methyl/N-ethyl adjacent to an activating group) is 2. The fourth-order valence-corrected chi connectivity index (χ4v) is 1.60. The largest absolute Gasteiger partial charge is 0.379 e. The molecule has 6 heteroatoms. The van der Waals surface area contributed by atoms with Gasteiger partial charge in [-0.15, -0.1) is 0 Å². The molecule has 20 heavy (non-hydrogen) atoms. The first-order valence-corrected chi connectivity index (χ1v) is 7.32. The van der Waals surface area contributed by atoms with Gasteiger partial charge in [0.15, 0.2) is 5.96 Å². The predicted molar refractivity (Wildman–Crippen MR) is 80.8 cm³/mol. The van der Waals surface area contributed by atoms with E-state index in [2.05, 4.69) is 10.3 Å². The zero-order valence-corrected chi connectivity index (χ0v) is 13.2. The number of guanidine groups is 1. The summed E-state index contributed by atoms with van der Waals surface area (Å²) in [6.45, 7) is 5.31. The number of carbonyl (C=O) groups is 1. The van der Waals surface area contributed by atoms with Gasteiger partial charge < -0.3 is 19.9 Å². The molecule has 0 saturated heterocycles. The van der Waals surface area contributed by atoms with E-state index in [0.717, 1.165) is 31.6 Å². The summed E-state index contributed by atoms with van der Waals surface area (Å²) in [6, 6.07) is 0. The predicted octanol–water partition coefficient (Wildman–Crippen LogP) is 0.399. The smallest absolute Gasteiger partial charge is 0.243 e. The molecule has 116 valence electrons. The van der Waals surface area contributed by atoms with Crippen molar-refractivity contribution in [2.24, 2.45) is 10.9 Å². The highest BCUT2D eigenvalue weighted by atomic mass is 16.5. The fraction of sp³-hybridized carbons (Fsp3) is 0.857. The van der Waals surface area contributed by atoms with Crippen molar-refractivity contribution in [3.8, 4) is 0 Å². The van der Waals surface area contributed by atoms with Crippen molar-refractivity contribution in [3.05, 3.63) is 0 Å². The van der Waals surface area contributed by atoms with Gasteiger partial charge in [0.2, 0.25) is 5.91 Å². The van der Waals surface area contributed by atoms with Gasteiger partial charge in [0.25, 0.3) is 0 Å². The highest BCUT2D eigenvalue weighted by molar-refractivity contribution is 5.84. The highest BCUT2D eigenvalue weighted by Crippen LogP contribution is 2.28. The lowest BCUT2D eigenvalue weighted by atomic mass is 10.5. The minimum Gasteiger partial charge on any atom is -0.379 e. The van der Waals surface area contributed by atoms with Crippen LogP contribution in [0.5, 0.6) is 0 Å². The van der Waals surface area contributed by atoms with Crippen molar-refractivity contribution in [1.29, 1.82) is 0 Å². The Labute approximate surface area is 122 Å². The number of hydrogen-bond donors (Lipinski definition) is 1. The molecule has 0 aromatic carbocycles. The summed E-state index contributed by atoms with van der Waals surface area (Å²) in [5.74, 6) is 1.54. The summed E-state index contributed by atoms with van der Waals surface area (Å²) in [5, 5.41) is 3.19. The second-order valence-corrected chi connectivity index (χ2v) is 5.40. The first-order valence-electron chi connectivity index (χ1n) is 7.32. The monoisotopic (exact) mass is 284 g/mol. The molecule has 1 rings (SSSR count). The molecule has 0 aromatic heterocycles. The van der Waals surface area contributed by atoms with Crippen LogP contribution in [0, 0.1) is 5.92 Å². The fourth-order valence-electron chi connectivity index (χ4n) is 1.60. The number of ether oxygens (including phenoxy) is 1. The molecule has 1 aliphatic rings. The Bertz CT molecular complexity index is 327. The third-order valence-corrected chi connectivity index (χ3v) is 3.18. The maximum absolute atomic E-state index is 11.6. The van der Waals surface area contributed by atoms with Crippen LogP contribution in [0.4, 0.5) is 0 Å². The minimum atomic E-state index is -0.00112. The summed E-state index contributed by atoms with van der Waals surface area (Å²) < 4.78 is 5.62. The Kier molecular flexibility index (Phi) is 7.36. The highest BCUT2D eigenvalue weighted by Gasteiger charge is 2.21. The molecule has 0 radical (unpaired) electrons. The van der Waals surface area contributed by atoms with E-state index in [1.165, 1.54) is 12.8 Å². The molecule has 0 atom stereocenters. The third kappa shape index (κ3) is 6.75. The number of carbonyl (C=O) groups excluding carboxylic acids is 1. The second kappa shape index (κ2) is 8.79. The van der Waals surface area contributed by atoms with Crippen LogP contribution in [0.15, 0.2) is 4.99 Å². The zero-order valence-electron chi connectivity index (χ0n) is 13.2. The van der Waals surface area contributed by atoms with Crippen molar-refractivity contribution >= 4 is 11.9 Å². The molecule has 0 spiro atoms. The van der Waals surface area contributed by atoms with E-state index < -0.39 is 0 Å². The lowest BCUT2D eigenvalue weighted by molar-refractivity contribution is -0.127. The molecule has 0 unspecified atom stereocenters. The number of amides is 1. The minimum absolute atomic E-state index is 0.00112. The summed E-state index contributed by atoms with van der Waals surface area (Å²) in [6.07, 6.45) is 2.62. The third-order valence-electron chi connectivity index (χ3n) is 3.18. The van der Waals surface area contributed by atoms with Crippen molar-refractivity contribution in [3.63, 3.8) is 0 Å². The lowest BCUT2D eigenvalue weighted by Gasteiger charge is -2.22. The molecule has 1 N–H and O–H groups in total. The second-order valence-electron chi connectivity index (χ2n) is 5.40. The van der Waals surface area contributed by atoms with Gasteiger partial charge in [0, 0.05) is 40.8 Å². The van der Waals surface area contributed by atoms with Crippen LogP contribution < -0.4 is 5.32 Å². The molecule has 0 heterocycles. The first kappa shape index (κ1) is 16.8. The van der Waals surface area contributed by atoms with E-state index in [-0.39, 0.29) is 12.5 Å². The molecular formula is C14H28N4O2. The van der Waals surface area contributed by atoms with E-state index in [1.54, 1.807) is 19.0 Å². The van der Waals surface area contributed by atoms with Crippen LogP contribution in [0.1, 0.15) is 19.8 Å². The van der Waals surface area contributed by atoms with Crippen LogP contribution in [-0.2, 0) is 9.53 Å². The van der Waals surface area contributed by atoms with Crippen molar-refractivity contribution in [2.75, 3.05) is 54.0 Å². The van der Waals surface area contributed by atoms with E-state index in [4.69, 9.17) is 4.74 Å². The van der Waals surface area contributed by atoms with Crippen LogP contribution >= 0.6 is 0 Å². The average molecular weight is 284 g/mol. The van der Waals surface area contributed by atoms with Crippen molar-refractivity contribution in [2.45, 2.75) is 19.8 Å². The topological polar surface area (TPSA) is 57.2 Å². The van der Waals surface area contributed by atoms with Gasteiger partial charge in [-0.25, -0.2) is 4.99 Å². The molecule has 0 bridgehead atoms. The Morgan fingerprint density at radius 2 is 2.05 bits per heavy atom. The van der Waals surface area contributed by atoms with Gasteiger partial charge in [0.05, 0.1) is 6.61 Å². The number of rotatable bonds is 8. The number of hydrogen-bond acceptors (Lipinski definition) is 3.